The second kappa shape index (κ2) is 5.61. The smallest absolute Gasteiger partial charge is 0.257 e. The second-order valence-corrected chi connectivity index (χ2v) is 6.20. The first kappa shape index (κ1) is 14.1. The molecule has 0 amide bonds. The Morgan fingerprint density at radius 3 is 2.59 bits per heavy atom. The van der Waals surface area contributed by atoms with Crippen molar-refractivity contribution < 1.29 is 8.42 Å². The summed E-state index contributed by atoms with van der Waals surface area (Å²) in [5.41, 5.74) is 5.56. The summed E-state index contributed by atoms with van der Waals surface area (Å²) < 4.78 is 26.5. The van der Waals surface area contributed by atoms with Crippen LogP contribution in [-0.4, -0.2) is 31.0 Å². The molecule has 1 aromatic rings. The van der Waals surface area contributed by atoms with Gasteiger partial charge in [0.2, 0.25) is 0 Å². The van der Waals surface area contributed by atoms with Gasteiger partial charge in [-0.1, -0.05) is 13.8 Å². The van der Waals surface area contributed by atoms with Gasteiger partial charge in [-0.25, -0.2) is 18.1 Å². The Morgan fingerprint density at radius 2 is 2.18 bits per heavy atom. The van der Waals surface area contributed by atoms with Gasteiger partial charge in [-0.2, -0.15) is 0 Å². The number of rotatable bonds is 6. The summed E-state index contributed by atoms with van der Waals surface area (Å²) in [6.07, 6.45) is 2.02. The largest absolute Gasteiger partial charge is 0.332 e. The second-order valence-electron chi connectivity index (χ2n) is 4.52. The summed E-state index contributed by atoms with van der Waals surface area (Å²) in [4.78, 5) is 6.57. The summed E-state index contributed by atoms with van der Waals surface area (Å²) in [7, 11) is -3.54. The molecule has 0 radical (unpaired) electrons. The highest BCUT2D eigenvalue weighted by molar-refractivity contribution is 7.89. The molecule has 0 bridgehead atoms. The minimum Gasteiger partial charge on any atom is -0.332 e. The molecule has 1 unspecified atom stereocenters. The van der Waals surface area contributed by atoms with Crippen LogP contribution >= 0.6 is 0 Å². The molecule has 0 saturated carbocycles. The van der Waals surface area contributed by atoms with Gasteiger partial charge in [0.05, 0.1) is 6.20 Å². The Bertz CT molecular complexity index is 453. The van der Waals surface area contributed by atoms with E-state index >= 15 is 0 Å². The van der Waals surface area contributed by atoms with Crippen molar-refractivity contribution in [2.24, 2.45) is 11.7 Å². The first-order valence-electron chi connectivity index (χ1n) is 5.59. The van der Waals surface area contributed by atoms with Crippen molar-refractivity contribution in [1.82, 2.24) is 14.7 Å². The molecule has 0 aliphatic carbocycles. The van der Waals surface area contributed by atoms with Crippen molar-refractivity contribution in [3.8, 4) is 0 Å². The molecular formula is C10H20N4O2S. The van der Waals surface area contributed by atoms with Gasteiger partial charge in [0.1, 0.15) is 5.82 Å². The van der Waals surface area contributed by atoms with Crippen LogP contribution in [0.5, 0.6) is 0 Å². The minimum absolute atomic E-state index is 0.0807. The van der Waals surface area contributed by atoms with Gasteiger partial charge < -0.3 is 10.7 Å². The lowest BCUT2D eigenvalue weighted by atomic mass is 10.1. The van der Waals surface area contributed by atoms with Crippen molar-refractivity contribution in [3.63, 3.8) is 0 Å². The number of hydrogen-bond acceptors (Lipinski definition) is 4. The molecule has 0 spiro atoms. The molecule has 4 N–H and O–H groups in total. The fourth-order valence-corrected chi connectivity index (χ4v) is 2.81. The van der Waals surface area contributed by atoms with E-state index in [1.54, 1.807) is 6.92 Å². The molecule has 0 aliphatic rings. The normalized spacial score (nSPS) is 14.2. The zero-order chi connectivity index (χ0) is 13.1. The lowest BCUT2D eigenvalue weighted by Gasteiger charge is -2.18. The molecule has 0 aliphatic heterocycles. The van der Waals surface area contributed by atoms with Gasteiger partial charge in [-0.05, 0) is 19.3 Å². The number of nitrogens with one attached hydrogen (secondary N) is 2. The topological polar surface area (TPSA) is 101 Å². The third kappa shape index (κ3) is 4.10. The summed E-state index contributed by atoms with van der Waals surface area (Å²) in [5.74, 6) is 0.952. The van der Waals surface area contributed by atoms with Crippen LogP contribution in [-0.2, 0) is 10.0 Å². The van der Waals surface area contributed by atoms with Crippen molar-refractivity contribution in [3.05, 3.63) is 12.0 Å². The minimum atomic E-state index is -3.54. The highest BCUT2D eigenvalue weighted by Gasteiger charge is 2.21. The van der Waals surface area contributed by atoms with E-state index in [1.165, 1.54) is 6.20 Å². The summed E-state index contributed by atoms with van der Waals surface area (Å²) in [6, 6.07) is -0.247. The summed E-state index contributed by atoms with van der Waals surface area (Å²) in [6.45, 7) is 6.03. The van der Waals surface area contributed by atoms with Crippen LogP contribution in [0.25, 0.3) is 0 Å². The average Bonchev–Trinajstić information content (AvgIpc) is 2.63. The summed E-state index contributed by atoms with van der Waals surface area (Å²) in [5, 5.41) is 0.0807. The Balaban J connectivity index is 2.78. The Morgan fingerprint density at radius 1 is 1.53 bits per heavy atom. The fourth-order valence-electron chi connectivity index (χ4n) is 1.58. The molecule has 1 rings (SSSR count). The lowest BCUT2D eigenvalue weighted by molar-refractivity contribution is 0.464. The lowest BCUT2D eigenvalue weighted by Crippen LogP contribution is -2.41. The molecule has 6 nitrogen and oxygen atoms in total. The highest BCUT2D eigenvalue weighted by atomic mass is 32.2. The molecule has 0 aromatic carbocycles. The number of aromatic amines is 1. The number of sulfonamides is 1. The molecule has 17 heavy (non-hydrogen) atoms. The van der Waals surface area contributed by atoms with E-state index in [-0.39, 0.29) is 17.6 Å². The fraction of sp³-hybridized carbons (Fsp3) is 0.700. The number of hydrogen-bond donors (Lipinski definition) is 3. The van der Waals surface area contributed by atoms with E-state index in [1.807, 2.05) is 13.8 Å². The highest BCUT2D eigenvalue weighted by Crippen LogP contribution is 2.09. The third-order valence-electron chi connectivity index (χ3n) is 2.33. The Kier molecular flexibility index (Phi) is 4.67. The van der Waals surface area contributed by atoms with Crippen LogP contribution in [0.4, 0.5) is 0 Å². The number of nitrogens with two attached hydrogens (primary N) is 1. The molecular weight excluding hydrogens is 240 g/mol. The van der Waals surface area contributed by atoms with Gasteiger partial charge in [-0.3, -0.25) is 0 Å². The maximum absolute atomic E-state index is 12.0. The van der Waals surface area contributed by atoms with Crippen LogP contribution in [0.3, 0.4) is 0 Å². The number of nitrogens with zero attached hydrogens (tertiary/aromatic N) is 1. The maximum Gasteiger partial charge on any atom is 0.257 e. The molecule has 7 heteroatoms. The van der Waals surface area contributed by atoms with Gasteiger partial charge in [0.25, 0.3) is 10.0 Å². The van der Waals surface area contributed by atoms with Crippen LogP contribution in [0.15, 0.2) is 11.2 Å². The maximum atomic E-state index is 12.0. The number of aromatic nitrogens is 2. The zero-order valence-electron chi connectivity index (χ0n) is 10.4. The molecule has 0 saturated heterocycles. The van der Waals surface area contributed by atoms with Crippen LogP contribution in [0, 0.1) is 12.8 Å². The van der Waals surface area contributed by atoms with Gasteiger partial charge in [0.15, 0.2) is 5.03 Å². The molecule has 1 heterocycles. The van der Waals surface area contributed by atoms with Crippen LogP contribution in [0.2, 0.25) is 0 Å². The predicted octanol–water partition coefficient (Wildman–Crippen LogP) is 0.370. The standard InChI is InChI=1S/C10H20N4O2S/c1-7(2)4-9(5-11)14-17(15,16)10-6-12-8(3)13-10/h6-7,9,14H,4-5,11H2,1-3H3,(H,12,13). The van der Waals surface area contributed by atoms with E-state index in [0.717, 1.165) is 0 Å². The third-order valence-corrected chi connectivity index (χ3v) is 3.76. The van der Waals surface area contributed by atoms with Gasteiger partial charge in [-0.15, -0.1) is 0 Å². The van der Waals surface area contributed by atoms with Gasteiger partial charge >= 0.3 is 0 Å². The molecule has 1 atom stereocenters. The zero-order valence-corrected chi connectivity index (χ0v) is 11.2. The average molecular weight is 260 g/mol. The number of H-pyrrole nitrogens is 1. The van der Waals surface area contributed by atoms with Gasteiger partial charge in [0, 0.05) is 12.6 Å². The first-order chi connectivity index (χ1) is 7.85. The van der Waals surface area contributed by atoms with Crippen molar-refractivity contribution >= 4 is 10.0 Å². The van der Waals surface area contributed by atoms with Crippen molar-refractivity contribution in [2.45, 2.75) is 38.3 Å². The van der Waals surface area contributed by atoms with E-state index < -0.39 is 10.0 Å². The summed E-state index contributed by atoms with van der Waals surface area (Å²) >= 11 is 0. The van der Waals surface area contributed by atoms with E-state index in [9.17, 15) is 8.42 Å². The number of imidazole rings is 1. The SMILES string of the molecule is Cc1ncc(S(=O)(=O)NC(CN)CC(C)C)[nH]1. The van der Waals surface area contributed by atoms with Crippen molar-refractivity contribution in [2.75, 3.05) is 6.54 Å². The monoisotopic (exact) mass is 260 g/mol. The first-order valence-corrected chi connectivity index (χ1v) is 7.07. The quantitative estimate of drug-likeness (QED) is 0.688. The molecule has 0 fully saturated rings. The Hall–Kier alpha value is -0.920. The van der Waals surface area contributed by atoms with E-state index in [0.29, 0.717) is 18.2 Å². The number of aryl methyl sites for hydroxylation is 1. The van der Waals surface area contributed by atoms with Crippen LogP contribution in [0.1, 0.15) is 26.1 Å². The molecule has 98 valence electrons. The van der Waals surface area contributed by atoms with Crippen molar-refractivity contribution in [1.29, 1.82) is 0 Å². The predicted molar refractivity (Wildman–Crippen MR) is 65.9 cm³/mol. The van der Waals surface area contributed by atoms with E-state index in [4.69, 9.17) is 5.73 Å². The Labute approximate surface area is 102 Å². The van der Waals surface area contributed by atoms with E-state index in [2.05, 4.69) is 14.7 Å². The van der Waals surface area contributed by atoms with Crippen LogP contribution < -0.4 is 10.5 Å². The molecule has 1 aromatic heterocycles.